The molecule has 0 unspecified atom stereocenters. The molecule has 15 heteroatoms. The minimum Gasteiger partial charge on any atom is -0.457 e. The molecule has 0 aliphatic carbocycles. The predicted molar refractivity (Wildman–Crippen MR) is 196 cm³/mol. The number of aliphatic hydroxyl groups is 1. The van der Waals surface area contributed by atoms with Gasteiger partial charge in [0.15, 0.2) is 12.0 Å². The molecule has 3 aliphatic rings. The van der Waals surface area contributed by atoms with Gasteiger partial charge < -0.3 is 33.9 Å². The van der Waals surface area contributed by atoms with Crippen LogP contribution in [0.5, 0.6) is 0 Å². The van der Waals surface area contributed by atoms with Crippen LogP contribution < -0.4 is 10.2 Å². The minimum atomic E-state index is -1.99. The zero-order chi connectivity index (χ0) is 38.7. The first kappa shape index (κ1) is 41.0. The highest BCUT2D eigenvalue weighted by Gasteiger charge is 2.64. The number of hydrogen-bond donors (Lipinski definition) is 2. The average Bonchev–Trinajstić information content (AvgIpc) is 3.79. The maximum Gasteiger partial charge on any atom is 0.409 e. The summed E-state index contributed by atoms with van der Waals surface area (Å²) in [5, 5.41) is 14.3. The highest BCUT2D eigenvalue weighted by atomic mass is 35.5. The molecule has 0 aromatic heterocycles. The molecule has 284 valence electrons. The van der Waals surface area contributed by atoms with Crippen molar-refractivity contribution in [2.45, 2.75) is 102 Å². The fourth-order valence-electron chi connectivity index (χ4n) is 6.48. The van der Waals surface area contributed by atoms with E-state index in [1.54, 1.807) is 38.1 Å². The van der Waals surface area contributed by atoms with Gasteiger partial charge in [-0.15, -0.1) is 11.8 Å². The fourth-order valence-corrected chi connectivity index (χ4v) is 7.44. The van der Waals surface area contributed by atoms with Crippen LogP contribution in [0.3, 0.4) is 0 Å². The largest absolute Gasteiger partial charge is 0.457 e. The molecule has 3 amide bonds. The number of thioether (sulfide) groups is 1. The van der Waals surface area contributed by atoms with E-state index in [2.05, 4.69) is 5.32 Å². The van der Waals surface area contributed by atoms with Crippen LogP contribution in [0.25, 0.3) is 0 Å². The van der Waals surface area contributed by atoms with Crippen LogP contribution in [0.15, 0.2) is 35.9 Å². The second-order valence-corrected chi connectivity index (χ2v) is 16.2. The molecule has 13 nitrogen and oxygen atoms in total. The lowest BCUT2D eigenvalue weighted by atomic mass is 9.82. The van der Waals surface area contributed by atoms with Crippen molar-refractivity contribution in [3.8, 4) is 0 Å². The quantitative estimate of drug-likeness (QED) is 0.220. The van der Waals surface area contributed by atoms with Gasteiger partial charge in [-0.1, -0.05) is 56.2 Å². The van der Waals surface area contributed by atoms with Gasteiger partial charge >= 0.3 is 12.1 Å². The molecule has 2 saturated heterocycles. The monoisotopic (exact) mass is 761 g/mol. The van der Waals surface area contributed by atoms with Crippen molar-refractivity contribution in [2.75, 3.05) is 24.7 Å². The Morgan fingerprint density at radius 2 is 1.94 bits per heavy atom. The lowest BCUT2D eigenvalue weighted by Crippen LogP contribution is -2.61. The Labute approximate surface area is 313 Å². The summed E-state index contributed by atoms with van der Waals surface area (Å²) in [7, 11) is 3.01. The third-order valence-corrected chi connectivity index (χ3v) is 11.5. The highest BCUT2D eigenvalue weighted by molar-refractivity contribution is 8.00. The molecule has 0 saturated carbocycles. The van der Waals surface area contributed by atoms with Crippen molar-refractivity contribution in [3.05, 3.63) is 52.1 Å². The number of aldehydes is 2. The van der Waals surface area contributed by atoms with Crippen molar-refractivity contribution >= 4 is 65.5 Å². The zero-order valence-electron chi connectivity index (χ0n) is 30.7. The van der Waals surface area contributed by atoms with Gasteiger partial charge in [-0.25, -0.2) is 9.59 Å². The summed E-state index contributed by atoms with van der Waals surface area (Å²) in [6, 6.07) is 2.30. The van der Waals surface area contributed by atoms with E-state index in [-0.39, 0.29) is 46.0 Å². The average molecular weight is 762 g/mol. The van der Waals surface area contributed by atoms with Gasteiger partial charge in [0.05, 0.1) is 34.9 Å². The first-order valence-corrected chi connectivity index (χ1v) is 18.6. The predicted octanol–water partition coefficient (Wildman–Crippen LogP) is 4.26. The normalized spacial score (nSPS) is 31.6. The molecule has 3 heterocycles. The molecule has 0 radical (unpaired) electrons. The van der Waals surface area contributed by atoms with Gasteiger partial charge in [0.1, 0.15) is 30.1 Å². The first-order valence-electron chi connectivity index (χ1n) is 17.1. The molecule has 3 aliphatic heterocycles. The number of epoxide rings is 1. The SMILES string of the molecule is C/C1=C\C=C\[C@@H](C=O)[C@@]2(O)C[C@H](OC(=O)N2)[C@@H](C)[C@@H]2O[C@@]2(C)[C@@H](OC(=O)[C@@H](C)N(C)C(=O)CSC(C)C)CC(=O)N(C)c2cc(cc(C=O)c2Cl)C1. The number of carbonyl (C=O) groups excluding carboxylic acids is 6. The molecular weight excluding hydrogens is 714 g/mol. The van der Waals surface area contributed by atoms with Crippen molar-refractivity contribution in [1.29, 1.82) is 0 Å². The third kappa shape index (κ3) is 9.07. The smallest absolute Gasteiger partial charge is 0.409 e. The molecule has 4 bridgehead atoms. The van der Waals surface area contributed by atoms with Gasteiger partial charge in [-0.05, 0) is 50.1 Å². The number of esters is 1. The van der Waals surface area contributed by atoms with Gasteiger partial charge in [-0.3, -0.25) is 19.7 Å². The molecule has 0 spiro atoms. The topological polar surface area (TPSA) is 172 Å². The maximum atomic E-state index is 14.0. The number of benzene rings is 1. The van der Waals surface area contributed by atoms with E-state index in [1.165, 1.54) is 48.7 Å². The van der Waals surface area contributed by atoms with Crippen LogP contribution in [0.2, 0.25) is 5.02 Å². The number of nitrogens with zero attached hydrogens (tertiary/aromatic N) is 2. The number of alkyl carbamates (subject to hydrolysis) is 1. The fraction of sp³-hybridized carbons (Fsp3) is 0.568. The van der Waals surface area contributed by atoms with Crippen LogP contribution >= 0.6 is 23.4 Å². The molecule has 2 fully saturated rings. The first-order chi connectivity index (χ1) is 24.3. The maximum absolute atomic E-state index is 14.0. The Kier molecular flexibility index (Phi) is 13.0. The van der Waals surface area contributed by atoms with E-state index in [9.17, 15) is 33.9 Å². The van der Waals surface area contributed by atoms with Crippen molar-refractivity contribution in [1.82, 2.24) is 10.2 Å². The van der Waals surface area contributed by atoms with Gasteiger partial charge in [0.25, 0.3) is 0 Å². The van der Waals surface area contributed by atoms with Crippen molar-refractivity contribution in [2.24, 2.45) is 11.8 Å². The second-order valence-electron chi connectivity index (χ2n) is 14.3. The van der Waals surface area contributed by atoms with Gasteiger partial charge in [0, 0.05) is 32.0 Å². The molecule has 52 heavy (non-hydrogen) atoms. The van der Waals surface area contributed by atoms with E-state index in [0.29, 0.717) is 24.6 Å². The summed E-state index contributed by atoms with van der Waals surface area (Å²) in [5.74, 6) is -3.12. The number of halogens is 1. The standard InChI is InChI=1S/C37H48ClN3O10S/c1-20(2)52-19-31(45)40(7)23(5)34(46)50-29-15-30(44)41(8)27-14-24(13-25(17-42)32(27)38)12-21(3)10-9-11-26(18-43)37(48)16-28(49-35(47)39-37)22(4)33-36(29,6)51-33/h9-11,13-14,17-18,20,22-23,26,28-29,33,48H,12,15-16,19H2,1-8H3,(H,39,47)/b11-9+,21-10+/t22-,23-,26+,28+,29+,33+,36+,37+/m1/s1. The van der Waals surface area contributed by atoms with E-state index in [1.807, 2.05) is 20.8 Å². The van der Waals surface area contributed by atoms with E-state index < -0.39 is 65.5 Å². The Hall–Kier alpha value is -3.72. The van der Waals surface area contributed by atoms with E-state index >= 15 is 0 Å². The molecule has 2 N–H and O–H groups in total. The van der Waals surface area contributed by atoms with Crippen LogP contribution in [0.1, 0.15) is 70.3 Å². The molecule has 4 rings (SSSR count). The van der Waals surface area contributed by atoms with Crippen LogP contribution in [0.4, 0.5) is 10.5 Å². The summed E-state index contributed by atoms with van der Waals surface area (Å²) >= 11 is 8.06. The van der Waals surface area contributed by atoms with Crippen LogP contribution in [-0.4, -0.2) is 107 Å². The van der Waals surface area contributed by atoms with Crippen LogP contribution in [-0.2, 0) is 39.8 Å². The summed E-state index contributed by atoms with van der Waals surface area (Å²) in [5.41, 5.74) is -1.36. The summed E-state index contributed by atoms with van der Waals surface area (Å²) in [4.78, 5) is 80.2. The lowest BCUT2D eigenvalue weighted by molar-refractivity contribution is -0.161. The number of likely N-dealkylation sites (N-methyl/N-ethyl adjacent to an activating group) is 1. The molecule has 1 aromatic carbocycles. The molecular formula is C37H48ClN3O10S. The lowest BCUT2D eigenvalue weighted by Gasteiger charge is -2.41. The van der Waals surface area contributed by atoms with Gasteiger partial charge in [-0.2, -0.15) is 0 Å². The Bertz CT molecular complexity index is 1650. The summed E-state index contributed by atoms with van der Waals surface area (Å²) in [6.45, 7) is 10.7. The number of nitrogens with one attached hydrogen (secondary N) is 1. The summed E-state index contributed by atoms with van der Waals surface area (Å²) in [6.07, 6.45) is 1.96. The van der Waals surface area contributed by atoms with E-state index in [4.69, 9.17) is 25.8 Å². The highest BCUT2D eigenvalue weighted by Crippen LogP contribution is 2.49. The Morgan fingerprint density at radius 3 is 2.58 bits per heavy atom. The number of hydrogen-bond acceptors (Lipinski definition) is 11. The molecule has 8 atom stereocenters. The Morgan fingerprint density at radius 1 is 1.25 bits per heavy atom. The number of carbonyl (C=O) groups is 6. The molecule has 1 aromatic rings. The number of rotatable bonds is 8. The number of fused-ring (bicyclic) bond motifs is 5. The number of anilines is 1. The van der Waals surface area contributed by atoms with Gasteiger partial charge in [0.2, 0.25) is 11.8 Å². The number of allylic oxidation sites excluding steroid dienone is 3. The van der Waals surface area contributed by atoms with Crippen LogP contribution in [0, 0.1) is 11.8 Å². The van der Waals surface area contributed by atoms with Crippen molar-refractivity contribution in [3.63, 3.8) is 0 Å². The summed E-state index contributed by atoms with van der Waals surface area (Å²) < 4.78 is 17.8. The van der Waals surface area contributed by atoms with E-state index in [0.717, 1.165) is 5.57 Å². The second kappa shape index (κ2) is 16.5. The number of amides is 3. The third-order valence-electron chi connectivity index (χ3n) is 10.0. The van der Waals surface area contributed by atoms with Crippen molar-refractivity contribution < 1.29 is 48.1 Å². The minimum absolute atomic E-state index is 0.0626. The Balaban J connectivity index is 1.76. The number of ether oxygens (including phenoxy) is 3. The zero-order valence-corrected chi connectivity index (χ0v) is 32.3.